The first kappa shape index (κ1) is 19.7. The third-order valence-corrected chi connectivity index (χ3v) is 2.53. The van der Waals surface area contributed by atoms with E-state index in [4.69, 9.17) is 15.9 Å². The molecule has 1 unspecified atom stereocenters. The van der Waals surface area contributed by atoms with Crippen LogP contribution in [0, 0.1) is 0 Å². The lowest BCUT2D eigenvalue weighted by molar-refractivity contribution is -0.138. The highest BCUT2D eigenvalue weighted by Gasteiger charge is 2.11. The van der Waals surface area contributed by atoms with Gasteiger partial charge in [-0.3, -0.25) is 14.4 Å². The van der Waals surface area contributed by atoms with E-state index in [-0.39, 0.29) is 17.4 Å². The summed E-state index contributed by atoms with van der Waals surface area (Å²) in [5.74, 6) is -1.31. The van der Waals surface area contributed by atoms with Crippen LogP contribution in [0.1, 0.15) is 6.92 Å². The van der Waals surface area contributed by atoms with Crippen LogP contribution in [0.2, 0.25) is 0 Å². The Labute approximate surface area is 133 Å². The lowest BCUT2D eigenvalue weighted by Gasteiger charge is -2.06. The zero-order valence-electron chi connectivity index (χ0n) is 11.9. The van der Waals surface area contributed by atoms with Gasteiger partial charge in [0.2, 0.25) is 11.8 Å². The second kappa shape index (κ2) is 10.5. The van der Waals surface area contributed by atoms with Crippen LogP contribution in [0.4, 0.5) is 5.69 Å². The minimum Gasteiger partial charge on any atom is -0.508 e. The molecule has 0 aliphatic carbocycles. The summed E-state index contributed by atoms with van der Waals surface area (Å²) < 4.78 is 0. The minimum absolute atomic E-state index is 0.115. The second-order valence-corrected chi connectivity index (χ2v) is 4.49. The van der Waals surface area contributed by atoms with Gasteiger partial charge in [0.1, 0.15) is 12.3 Å². The standard InChI is InChI=1S/C8H9NO2.C5H10N2O3S/c1-6(10)9-7-2-4-8(11)5-3-7;6-3(2-11)5(10)7-1-4(8)9/h2-5,11H,1H3,(H,9,10);3,11H,1-2,6H2,(H,7,10)(H,8,9). The summed E-state index contributed by atoms with van der Waals surface area (Å²) in [4.78, 5) is 31.2. The number of rotatable bonds is 5. The molecule has 22 heavy (non-hydrogen) atoms. The third kappa shape index (κ3) is 9.61. The van der Waals surface area contributed by atoms with Crippen molar-refractivity contribution in [3.8, 4) is 5.75 Å². The molecule has 0 aliphatic rings. The molecule has 0 radical (unpaired) electrons. The van der Waals surface area contributed by atoms with Gasteiger partial charge in [0, 0.05) is 18.4 Å². The van der Waals surface area contributed by atoms with E-state index in [0.29, 0.717) is 5.69 Å². The Hall–Kier alpha value is -2.26. The monoisotopic (exact) mass is 329 g/mol. The van der Waals surface area contributed by atoms with Gasteiger partial charge in [0.05, 0.1) is 6.04 Å². The number of aliphatic carboxylic acids is 1. The number of carbonyl (C=O) groups excluding carboxylic acids is 2. The summed E-state index contributed by atoms with van der Waals surface area (Å²) in [6, 6.07) is 5.57. The van der Waals surface area contributed by atoms with Crippen LogP contribution < -0.4 is 16.4 Å². The molecule has 122 valence electrons. The molecule has 0 saturated carbocycles. The number of carboxylic acids is 1. The van der Waals surface area contributed by atoms with Gasteiger partial charge >= 0.3 is 5.97 Å². The third-order valence-electron chi connectivity index (χ3n) is 2.13. The van der Waals surface area contributed by atoms with E-state index in [1.807, 2.05) is 0 Å². The molecule has 6 N–H and O–H groups in total. The molecule has 2 amide bonds. The van der Waals surface area contributed by atoms with Crippen LogP contribution in [-0.4, -0.2) is 46.3 Å². The Morgan fingerprint density at radius 3 is 2.23 bits per heavy atom. The first-order valence-corrected chi connectivity index (χ1v) is 6.82. The van der Waals surface area contributed by atoms with Gasteiger partial charge in [-0.2, -0.15) is 12.6 Å². The molecule has 1 aromatic carbocycles. The number of phenols is 1. The Morgan fingerprint density at radius 2 is 1.82 bits per heavy atom. The summed E-state index contributed by atoms with van der Waals surface area (Å²) >= 11 is 3.77. The summed E-state index contributed by atoms with van der Waals surface area (Å²) in [5.41, 5.74) is 5.91. The van der Waals surface area contributed by atoms with Crippen LogP contribution in [0.3, 0.4) is 0 Å². The maximum Gasteiger partial charge on any atom is 0.322 e. The van der Waals surface area contributed by atoms with Crippen molar-refractivity contribution >= 4 is 36.1 Å². The van der Waals surface area contributed by atoms with E-state index in [2.05, 4.69) is 23.3 Å². The summed E-state index contributed by atoms with van der Waals surface area (Å²) in [6.07, 6.45) is 0. The number of hydrogen-bond donors (Lipinski definition) is 6. The number of nitrogens with two attached hydrogens (primary N) is 1. The molecule has 0 heterocycles. The fourth-order valence-corrected chi connectivity index (χ4v) is 1.29. The van der Waals surface area contributed by atoms with Crippen LogP contribution >= 0.6 is 12.6 Å². The molecule has 0 spiro atoms. The average molecular weight is 329 g/mol. The molecule has 0 aliphatic heterocycles. The van der Waals surface area contributed by atoms with E-state index < -0.39 is 24.5 Å². The zero-order chi connectivity index (χ0) is 17.1. The van der Waals surface area contributed by atoms with E-state index in [9.17, 15) is 14.4 Å². The maximum atomic E-state index is 10.7. The number of thiol groups is 1. The number of carbonyl (C=O) groups is 3. The molecule has 0 aromatic heterocycles. The Bertz CT molecular complexity index is 507. The van der Waals surface area contributed by atoms with Gasteiger partial charge in [0.15, 0.2) is 0 Å². The maximum absolute atomic E-state index is 10.7. The number of aromatic hydroxyl groups is 1. The first-order chi connectivity index (χ1) is 10.3. The number of carboxylic acid groups (broad SMARTS) is 1. The van der Waals surface area contributed by atoms with Crippen molar-refractivity contribution in [1.82, 2.24) is 5.32 Å². The molecule has 9 heteroatoms. The van der Waals surface area contributed by atoms with Crippen LogP contribution in [0.5, 0.6) is 5.75 Å². The van der Waals surface area contributed by atoms with Crippen molar-refractivity contribution in [1.29, 1.82) is 0 Å². The van der Waals surface area contributed by atoms with Crippen molar-refractivity contribution in [2.24, 2.45) is 5.73 Å². The van der Waals surface area contributed by atoms with Gasteiger partial charge in [-0.05, 0) is 24.3 Å². The van der Waals surface area contributed by atoms with Crippen molar-refractivity contribution in [2.75, 3.05) is 17.6 Å². The van der Waals surface area contributed by atoms with Gasteiger partial charge < -0.3 is 26.6 Å². The van der Waals surface area contributed by atoms with E-state index >= 15 is 0 Å². The number of amides is 2. The smallest absolute Gasteiger partial charge is 0.322 e. The number of anilines is 1. The first-order valence-electron chi connectivity index (χ1n) is 6.18. The fraction of sp³-hybridized carbons (Fsp3) is 0.308. The lowest BCUT2D eigenvalue weighted by Crippen LogP contribution is -2.43. The van der Waals surface area contributed by atoms with Gasteiger partial charge in [-0.15, -0.1) is 0 Å². The van der Waals surface area contributed by atoms with Crippen molar-refractivity contribution in [3.63, 3.8) is 0 Å². The van der Waals surface area contributed by atoms with Gasteiger partial charge in [-0.25, -0.2) is 0 Å². The summed E-state index contributed by atoms with van der Waals surface area (Å²) in [7, 11) is 0. The molecular weight excluding hydrogens is 310 g/mol. The Morgan fingerprint density at radius 1 is 1.27 bits per heavy atom. The molecule has 8 nitrogen and oxygen atoms in total. The molecular formula is C13H19N3O5S. The van der Waals surface area contributed by atoms with Crippen molar-refractivity contribution in [3.05, 3.63) is 24.3 Å². The Kier molecular flexibility index (Phi) is 9.39. The zero-order valence-corrected chi connectivity index (χ0v) is 12.8. The largest absolute Gasteiger partial charge is 0.508 e. The topological polar surface area (TPSA) is 142 Å². The molecule has 1 rings (SSSR count). The molecule has 0 fully saturated rings. The predicted molar refractivity (Wildman–Crippen MR) is 84.9 cm³/mol. The van der Waals surface area contributed by atoms with E-state index in [1.165, 1.54) is 19.1 Å². The lowest BCUT2D eigenvalue weighted by atomic mass is 10.3. The highest BCUT2D eigenvalue weighted by molar-refractivity contribution is 7.80. The van der Waals surface area contributed by atoms with Crippen molar-refractivity contribution < 1.29 is 24.6 Å². The number of phenolic OH excluding ortho intramolecular Hbond substituents is 1. The fourth-order valence-electron chi connectivity index (χ4n) is 1.12. The predicted octanol–water partition coefficient (Wildman–Crippen LogP) is -0.205. The van der Waals surface area contributed by atoms with Crippen LogP contribution in [-0.2, 0) is 14.4 Å². The normalized spacial score (nSPS) is 10.7. The highest BCUT2D eigenvalue weighted by atomic mass is 32.1. The Balaban J connectivity index is 0.000000401. The summed E-state index contributed by atoms with van der Waals surface area (Å²) in [5, 5.41) is 21.7. The van der Waals surface area contributed by atoms with Crippen molar-refractivity contribution in [2.45, 2.75) is 13.0 Å². The number of hydrogen-bond acceptors (Lipinski definition) is 6. The SMILES string of the molecule is CC(=O)Nc1ccc(O)cc1.NC(CS)C(=O)NCC(=O)O. The quantitative estimate of drug-likeness (QED) is 0.326. The molecule has 0 bridgehead atoms. The minimum atomic E-state index is -1.09. The second-order valence-electron chi connectivity index (χ2n) is 4.13. The number of benzene rings is 1. The number of nitrogens with one attached hydrogen (secondary N) is 2. The van der Waals surface area contributed by atoms with Gasteiger partial charge in [0.25, 0.3) is 0 Å². The van der Waals surface area contributed by atoms with E-state index in [1.54, 1.807) is 12.1 Å². The molecule has 1 atom stereocenters. The molecule has 1 aromatic rings. The highest BCUT2D eigenvalue weighted by Crippen LogP contribution is 2.13. The molecule has 0 saturated heterocycles. The summed E-state index contributed by atoms with van der Waals surface area (Å²) in [6.45, 7) is 1.03. The van der Waals surface area contributed by atoms with E-state index in [0.717, 1.165) is 0 Å². The van der Waals surface area contributed by atoms with Crippen LogP contribution in [0.25, 0.3) is 0 Å². The average Bonchev–Trinajstić information content (AvgIpc) is 2.46. The van der Waals surface area contributed by atoms with Gasteiger partial charge in [-0.1, -0.05) is 0 Å². The van der Waals surface area contributed by atoms with Crippen LogP contribution in [0.15, 0.2) is 24.3 Å².